The van der Waals surface area contributed by atoms with E-state index in [1.807, 2.05) is 30.2 Å². The molecule has 29 heavy (non-hydrogen) atoms. The van der Waals surface area contributed by atoms with E-state index < -0.39 is 0 Å². The fourth-order valence-corrected chi connectivity index (χ4v) is 4.09. The molecule has 1 fully saturated rings. The van der Waals surface area contributed by atoms with Crippen molar-refractivity contribution in [3.63, 3.8) is 0 Å². The minimum atomic E-state index is 0.148. The number of hydrogen-bond acceptors (Lipinski definition) is 3. The summed E-state index contributed by atoms with van der Waals surface area (Å²) in [7, 11) is 1.82. The number of aliphatic imine (C=N–C) groups is 1. The van der Waals surface area contributed by atoms with Crippen molar-refractivity contribution in [3.05, 3.63) is 53.9 Å². The van der Waals surface area contributed by atoms with E-state index in [9.17, 15) is 0 Å². The van der Waals surface area contributed by atoms with Crippen molar-refractivity contribution in [2.45, 2.75) is 52.8 Å². The molecule has 6 nitrogen and oxygen atoms in total. The van der Waals surface area contributed by atoms with E-state index in [1.54, 1.807) is 0 Å². The third-order valence-electron chi connectivity index (χ3n) is 5.51. The largest absolute Gasteiger partial charge is 0.377 e. The molecule has 2 unspecified atom stereocenters. The summed E-state index contributed by atoms with van der Waals surface area (Å²) in [5, 5.41) is 11.3. The van der Waals surface area contributed by atoms with Gasteiger partial charge in [-0.05, 0) is 35.4 Å². The molecule has 1 aromatic heterocycles. The van der Waals surface area contributed by atoms with Gasteiger partial charge in [-0.15, -0.1) is 0 Å². The summed E-state index contributed by atoms with van der Waals surface area (Å²) in [4.78, 5) is 4.42. The molecule has 2 aromatic rings. The Morgan fingerprint density at radius 1 is 1.21 bits per heavy atom. The van der Waals surface area contributed by atoms with Crippen LogP contribution in [0.1, 0.15) is 44.7 Å². The Kier molecular flexibility index (Phi) is 7.31. The molecule has 0 bridgehead atoms. The molecular formula is C23H35N5O. The quantitative estimate of drug-likeness (QED) is 0.579. The molecule has 158 valence electrons. The summed E-state index contributed by atoms with van der Waals surface area (Å²) in [5.41, 5.74) is 2.65. The fourth-order valence-electron chi connectivity index (χ4n) is 4.09. The van der Waals surface area contributed by atoms with E-state index >= 15 is 0 Å². The zero-order valence-electron chi connectivity index (χ0n) is 18.2. The molecule has 0 saturated carbocycles. The Morgan fingerprint density at radius 3 is 2.69 bits per heavy atom. The highest BCUT2D eigenvalue weighted by molar-refractivity contribution is 5.79. The first-order valence-electron chi connectivity index (χ1n) is 10.6. The van der Waals surface area contributed by atoms with Crippen molar-refractivity contribution in [1.82, 2.24) is 20.4 Å². The number of hydrogen-bond donors (Lipinski definition) is 2. The molecule has 0 amide bonds. The van der Waals surface area contributed by atoms with Crippen molar-refractivity contribution < 1.29 is 4.74 Å². The fraction of sp³-hybridized carbons (Fsp3) is 0.565. The van der Waals surface area contributed by atoms with Crippen LogP contribution in [0.2, 0.25) is 0 Å². The van der Waals surface area contributed by atoms with Gasteiger partial charge in [0.25, 0.3) is 0 Å². The first-order chi connectivity index (χ1) is 14.0. The second-order valence-corrected chi connectivity index (χ2v) is 8.84. The second-order valence-electron chi connectivity index (χ2n) is 8.84. The van der Waals surface area contributed by atoms with E-state index in [1.165, 1.54) is 17.5 Å². The van der Waals surface area contributed by atoms with Crippen LogP contribution in [0.4, 0.5) is 0 Å². The molecular weight excluding hydrogens is 362 g/mol. The molecule has 2 heterocycles. The normalized spacial score (nSPS) is 20.5. The molecule has 1 aliphatic rings. The predicted molar refractivity (Wildman–Crippen MR) is 118 cm³/mol. The third kappa shape index (κ3) is 6.07. The number of rotatable bonds is 6. The van der Waals surface area contributed by atoms with Gasteiger partial charge in [-0.1, -0.05) is 45.0 Å². The Bertz CT molecular complexity index is 779. The van der Waals surface area contributed by atoms with E-state index in [2.05, 4.69) is 65.8 Å². The van der Waals surface area contributed by atoms with Gasteiger partial charge >= 0.3 is 0 Å². The van der Waals surface area contributed by atoms with Crippen molar-refractivity contribution in [1.29, 1.82) is 0 Å². The monoisotopic (exact) mass is 397 g/mol. The van der Waals surface area contributed by atoms with E-state index in [-0.39, 0.29) is 11.5 Å². The summed E-state index contributed by atoms with van der Waals surface area (Å²) in [5.74, 6) is 1.33. The molecule has 0 radical (unpaired) electrons. The van der Waals surface area contributed by atoms with Crippen molar-refractivity contribution in [2.24, 2.45) is 16.3 Å². The van der Waals surface area contributed by atoms with E-state index in [4.69, 9.17) is 4.74 Å². The van der Waals surface area contributed by atoms with Crippen molar-refractivity contribution >= 4 is 5.96 Å². The lowest BCUT2D eigenvalue weighted by molar-refractivity contribution is -0.0835. The van der Waals surface area contributed by atoms with Crippen LogP contribution in [0.5, 0.6) is 0 Å². The van der Waals surface area contributed by atoms with Gasteiger partial charge in [-0.25, -0.2) is 0 Å². The lowest BCUT2D eigenvalue weighted by atomic mass is 9.78. The van der Waals surface area contributed by atoms with Crippen LogP contribution in [0.15, 0.2) is 47.7 Å². The molecule has 0 aliphatic carbocycles. The molecule has 6 heteroatoms. The summed E-state index contributed by atoms with van der Waals surface area (Å²) in [6, 6.07) is 10.4. The van der Waals surface area contributed by atoms with Crippen molar-refractivity contribution in [3.8, 4) is 0 Å². The van der Waals surface area contributed by atoms with Crippen LogP contribution >= 0.6 is 0 Å². The smallest absolute Gasteiger partial charge is 0.191 e. The molecule has 2 atom stereocenters. The minimum Gasteiger partial charge on any atom is -0.377 e. The average molecular weight is 398 g/mol. The standard InChI is InChI=1S/C23H35N5O/c1-23(2,3)21-19(11-7-14-29-21)16-26-22(24-4)25-15-18-9-5-6-10-20(18)17-28-13-8-12-27-28/h5-6,8-10,12-13,19,21H,7,11,14-17H2,1-4H3,(H2,24,25,26). The van der Waals surface area contributed by atoms with Crippen LogP contribution < -0.4 is 10.6 Å². The zero-order chi connectivity index (χ0) is 20.7. The lowest BCUT2D eigenvalue weighted by Gasteiger charge is -2.40. The van der Waals surface area contributed by atoms with E-state index in [0.717, 1.165) is 38.6 Å². The van der Waals surface area contributed by atoms with Crippen LogP contribution in [0.25, 0.3) is 0 Å². The Hall–Kier alpha value is -2.34. The molecule has 2 N–H and O–H groups in total. The van der Waals surface area contributed by atoms with Crippen LogP contribution in [0.3, 0.4) is 0 Å². The number of nitrogens with zero attached hydrogens (tertiary/aromatic N) is 3. The summed E-state index contributed by atoms with van der Waals surface area (Å²) >= 11 is 0. The Labute approximate surface area is 174 Å². The first-order valence-corrected chi connectivity index (χ1v) is 10.6. The van der Waals surface area contributed by atoms with Gasteiger partial charge in [0, 0.05) is 45.1 Å². The van der Waals surface area contributed by atoms with E-state index in [0.29, 0.717) is 5.92 Å². The van der Waals surface area contributed by atoms with Gasteiger partial charge in [-0.3, -0.25) is 9.67 Å². The molecule has 1 saturated heterocycles. The predicted octanol–water partition coefficient (Wildman–Crippen LogP) is 3.44. The van der Waals surface area contributed by atoms with Crippen LogP contribution in [0, 0.1) is 11.3 Å². The van der Waals surface area contributed by atoms with Gasteiger partial charge < -0.3 is 15.4 Å². The number of guanidine groups is 1. The topological polar surface area (TPSA) is 63.5 Å². The molecule has 1 aliphatic heterocycles. The van der Waals surface area contributed by atoms with Gasteiger partial charge in [-0.2, -0.15) is 5.10 Å². The maximum Gasteiger partial charge on any atom is 0.191 e. The molecule has 3 rings (SSSR count). The van der Waals surface area contributed by atoms with Gasteiger partial charge in [0.05, 0.1) is 12.6 Å². The zero-order valence-corrected chi connectivity index (χ0v) is 18.2. The number of nitrogens with one attached hydrogen (secondary N) is 2. The second kappa shape index (κ2) is 9.92. The summed E-state index contributed by atoms with van der Waals surface area (Å²) in [6.45, 7) is 10.0. The number of aromatic nitrogens is 2. The van der Waals surface area contributed by atoms with Crippen molar-refractivity contribution in [2.75, 3.05) is 20.2 Å². The highest BCUT2D eigenvalue weighted by Crippen LogP contribution is 2.33. The third-order valence-corrected chi connectivity index (χ3v) is 5.51. The number of ether oxygens (including phenoxy) is 1. The van der Waals surface area contributed by atoms with Crippen LogP contribution in [-0.4, -0.2) is 42.0 Å². The summed E-state index contributed by atoms with van der Waals surface area (Å²) in [6.07, 6.45) is 6.40. The first kappa shape index (κ1) is 21.4. The van der Waals surface area contributed by atoms with Gasteiger partial charge in [0.15, 0.2) is 5.96 Å². The molecule has 0 spiro atoms. The SMILES string of the molecule is CN=C(NCc1ccccc1Cn1cccn1)NCC1CCCOC1C(C)(C)C. The lowest BCUT2D eigenvalue weighted by Crippen LogP contribution is -2.47. The minimum absolute atomic E-state index is 0.148. The highest BCUT2D eigenvalue weighted by atomic mass is 16.5. The summed E-state index contributed by atoms with van der Waals surface area (Å²) < 4.78 is 8.05. The van der Waals surface area contributed by atoms with Crippen LogP contribution in [-0.2, 0) is 17.8 Å². The maximum atomic E-state index is 6.11. The maximum absolute atomic E-state index is 6.11. The Morgan fingerprint density at radius 2 is 2.00 bits per heavy atom. The highest BCUT2D eigenvalue weighted by Gasteiger charge is 2.35. The Balaban J connectivity index is 1.56. The average Bonchev–Trinajstić information content (AvgIpc) is 3.22. The van der Waals surface area contributed by atoms with Gasteiger partial charge in [0.1, 0.15) is 0 Å². The molecule has 1 aromatic carbocycles. The van der Waals surface area contributed by atoms with Gasteiger partial charge in [0.2, 0.25) is 0 Å². The number of benzene rings is 1.